The summed E-state index contributed by atoms with van der Waals surface area (Å²) in [5.41, 5.74) is 1.21. The molecule has 2 aromatic carbocycles. The maximum Gasteiger partial charge on any atom is 0.416 e. The van der Waals surface area contributed by atoms with Crippen LogP contribution in [0.3, 0.4) is 0 Å². The Balaban J connectivity index is 2.05. The smallest absolute Gasteiger partial charge is 0.309 e. The predicted molar refractivity (Wildman–Crippen MR) is 73.1 cm³/mol. The van der Waals surface area contributed by atoms with E-state index in [4.69, 9.17) is 0 Å². The summed E-state index contributed by atoms with van der Waals surface area (Å²) in [7, 11) is 0. The Bertz CT molecular complexity index is 603. The van der Waals surface area contributed by atoms with Gasteiger partial charge in [-0.25, -0.2) is 4.39 Å². The van der Waals surface area contributed by atoms with Gasteiger partial charge in [0.15, 0.2) is 0 Å². The van der Waals surface area contributed by atoms with Crippen LogP contribution in [0, 0.1) is 12.7 Å². The molecule has 0 saturated heterocycles. The molecule has 0 fully saturated rings. The Morgan fingerprint density at radius 2 is 1.62 bits per heavy atom. The van der Waals surface area contributed by atoms with Crippen molar-refractivity contribution in [1.82, 2.24) is 5.32 Å². The van der Waals surface area contributed by atoms with Gasteiger partial charge >= 0.3 is 6.18 Å². The zero-order valence-electron chi connectivity index (χ0n) is 11.5. The highest BCUT2D eigenvalue weighted by Crippen LogP contribution is 2.32. The topological polar surface area (TPSA) is 12.0 Å². The minimum atomic E-state index is -4.55. The van der Waals surface area contributed by atoms with Crippen molar-refractivity contribution >= 4 is 0 Å². The van der Waals surface area contributed by atoms with Gasteiger partial charge < -0.3 is 5.32 Å². The van der Waals surface area contributed by atoms with Crippen molar-refractivity contribution in [3.8, 4) is 0 Å². The van der Waals surface area contributed by atoms with Gasteiger partial charge in [0, 0.05) is 13.1 Å². The van der Waals surface area contributed by atoms with Gasteiger partial charge in [0.25, 0.3) is 0 Å². The molecular formula is C16H15F4N. The van der Waals surface area contributed by atoms with E-state index in [-0.39, 0.29) is 12.1 Å². The van der Waals surface area contributed by atoms with Gasteiger partial charge in [0.2, 0.25) is 0 Å². The summed E-state index contributed by atoms with van der Waals surface area (Å²) in [5, 5.41) is 2.95. The van der Waals surface area contributed by atoms with Crippen LogP contribution in [0.15, 0.2) is 42.5 Å². The van der Waals surface area contributed by atoms with E-state index < -0.39 is 17.6 Å². The lowest BCUT2D eigenvalue weighted by atomic mass is 10.1. The van der Waals surface area contributed by atoms with Crippen molar-refractivity contribution in [1.29, 1.82) is 0 Å². The van der Waals surface area contributed by atoms with Crippen molar-refractivity contribution in [3.63, 3.8) is 0 Å². The van der Waals surface area contributed by atoms with E-state index in [2.05, 4.69) is 5.32 Å². The van der Waals surface area contributed by atoms with Gasteiger partial charge in [-0.15, -0.1) is 0 Å². The highest BCUT2D eigenvalue weighted by atomic mass is 19.4. The first kappa shape index (κ1) is 15.5. The van der Waals surface area contributed by atoms with Gasteiger partial charge in [0.1, 0.15) is 5.82 Å². The summed E-state index contributed by atoms with van der Waals surface area (Å²) < 4.78 is 51.5. The SMILES string of the molecule is Cc1ccc(CNCc2ccc(F)cc2C(F)(F)F)cc1. The molecule has 21 heavy (non-hydrogen) atoms. The minimum absolute atomic E-state index is 0.0308. The van der Waals surface area contributed by atoms with Crippen LogP contribution in [-0.4, -0.2) is 0 Å². The molecule has 1 N–H and O–H groups in total. The molecular weight excluding hydrogens is 282 g/mol. The van der Waals surface area contributed by atoms with Crippen LogP contribution in [0.25, 0.3) is 0 Å². The molecule has 0 radical (unpaired) electrons. The first-order valence-corrected chi connectivity index (χ1v) is 6.48. The number of hydrogen-bond acceptors (Lipinski definition) is 1. The molecule has 1 nitrogen and oxygen atoms in total. The molecule has 0 saturated carbocycles. The van der Waals surface area contributed by atoms with Crippen LogP contribution in [0.2, 0.25) is 0 Å². The largest absolute Gasteiger partial charge is 0.416 e. The average molecular weight is 297 g/mol. The first-order valence-electron chi connectivity index (χ1n) is 6.48. The lowest BCUT2D eigenvalue weighted by molar-refractivity contribution is -0.138. The van der Waals surface area contributed by atoms with Crippen LogP contribution in [0.5, 0.6) is 0 Å². The highest BCUT2D eigenvalue weighted by Gasteiger charge is 2.33. The number of rotatable bonds is 4. The molecule has 0 amide bonds. The molecule has 2 rings (SSSR count). The molecule has 0 bridgehead atoms. The van der Waals surface area contributed by atoms with E-state index in [1.165, 1.54) is 6.07 Å². The number of nitrogens with one attached hydrogen (secondary N) is 1. The van der Waals surface area contributed by atoms with Crippen molar-refractivity contribution in [2.24, 2.45) is 0 Å². The Hall–Kier alpha value is -1.88. The maximum atomic E-state index is 13.0. The number of hydrogen-bond donors (Lipinski definition) is 1. The van der Waals surface area contributed by atoms with Gasteiger partial charge in [-0.05, 0) is 30.2 Å². The summed E-state index contributed by atoms with van der Waals surface area (Å²) in [6, 6.07) is 10.4. The van der Waals surface area contributed by atoms with Gasteiger partial charge in [0.05, 0.1) is 5.56 Å². The third kappa shape index (κ3) is 4.29. The number of aryl methyl sites for hydroxylation is 1. The summed E-state index contributed by atoms with van der Waals surface area (Å²) in [4.78, 5) is 0. The fraction of sp³-hybridized carbons (Fsp3) is 0.250. The molecule has 0 unspecified atom stereocenters. The summed E-state index contributed by atoms with van der Waals surface area (Å²) in [6.07, 6.45) is -4.55. The normalized spacial score (nSPS) is 11.7. The second kappa shape index (κ2) is 6.26. The molecule has 0 aliphatic carbocycles. The first-order chi connectivity index (χ1) is 9.86. The standard InChI is InChI=1S/C16H15F4N/c1-11-2-4-12(5-3-11)9-21-10-13-6-7-14(17)8-15(13)16(18,19)20/h2-8,21H,9-10H2,1H3. The van der Waals surface area contributed by atoms with E-state index in [9.17, 15) is 17.6 Å². The van der Waals surface area contributed by atoms with E-state index in [0.29, 0.717) is 12.6 Å². The van der Waals surface area contributed by atoms with Crippen molar-refractivity contribution in [2.75, 3.05) is 0 Å². The van der Waals surface area contributed by atoms with Crippen LogP contribution < -0.4 is 5.32 Å². The summed E-state index contributed by atoms with van der Waals surface area (Å²) in [5.74, 6) is -0.885. The van der Waals surface area contributed by atoms with Crippen LogP contribution in [-0.2, 0) is 19.3 Å². The fourth-order valence-electron chi connectivity index (χ4n) is 2.01. The molecule has 2 aromatic rings. The summed E-state index contributed by atoms with van der Waals surface area (Å²) in [6.45, 7) is 2.45. The lowest BCUT2D eigenvalue weighted by Gasteiger charge is -2.13. The lowest BCUT2D eigenvalue weighted by Crippen LogP contribution is -2.17. The maximum absolute atomic E-state index is 13.0. The third-order valence-corrected chi connectivity index (χ3v) is 3.14. The molecule has 0 aromatic heterocycles. The number of halogens is 4. The zero-order valence-corrected chi connectivity index (χ0v) is 11.5. The van der Waals surface area contributed by atoms with E-state index in [1.54, 1.807) is 0 Å². The fourth-order valence-corrected chi connectivity index (χ4v) is 2.01. The second-order valence-electron chi connectivity index (χ2n) is 4.89. The monoisotopic (exact) mass is 297 g/mol. The Kier molecular flexibility index (Phi) is 4.63. The van der Waals surface area contributed by atoms with Crippen LogP contribution >= 0.6 is 0 Å². The molecule has 5 heteroatoms. The Morgan fingerprint density at radius 3 is 2.24 bits per heavy atom. The van der Waals surface area contributed by atoms with Gasteiger partial charge in [-0.2, -0.15) is 13.2 Å². The number of alkyl halides is 3. The summed E-state index contributed by atoms with van der Waals surface area (Å²) >= 11 is 0. The van der Waals surface area contributed by atoms with Crippen molar-refractivity contribution < 1.29 is 17.6 Å². The van der Waals surface area contributed by atoms with E-state index in [1.807, 2.05) is 31.2 Å². The van der Waals surface area contributed by atoms with Gasteiger partial charge in [-0.3, -0.25) is 0 Å². The molecule has 0 atom stereocenters. The average Bonchev–Trinajstić information content (AvgIpc) is 2.41. The predicted octanol–water partition coefficient (Wildman–Crippen LogP) is 4.44. The highest BCUT2D eigenvalue weighted by molar-refractivity contribution is 5.30. The second-order valence-corrected chi connectivity index (χ2v) is 4.89. The molecule has 0 aliphatic rings. The Morgan fingerprint density at radius 1 is 0.952 bits per heavy atom. The van der Waals surface area contributed by atoms with Gasteiger partial charge in [-0.1, -0.05) is 35.9 Å². The van der Waals surface area contributed by atoms with E-state index >= 15 is 0 Å². The van der Waals surface area contributed by atoms with Crippen molar-refractivity contribution in [3.05, 3.63) is 70.5 Å². The van der Waals surface area contributed by atoms with Crippen molar-refractivity contribution in [2.45, 2.75) is 26.2 Å². The number of benzene rings is 2. The molecule has 0 aliphatic heterocycles. The van der Waals surface area contributed by atoms with Crippen LogP contribution in [0.4, 0.5) is 17.6 Å². The minimum Gasteiger partial charge on any atom is -0.309 e. The quantitative estimate of drug-likeness (QED) is 0.823. The van der Waals surface area contributed by atoms with E-state index in [0.717, 1.165) is 17.2 Å². The zero-order chi connectivity index (χ0) is 15.5. The Labute approximate surface area is 120 Å². The molecule has 0 spiro atoms. The molecule has 112 valence electrons. The third-order valence-electron chi connectivity index (χ3n) is 3.14. The molecule has 0 heterocycles. The van der Waals surface area contributed by atoms with Crippen LogP contribution in [0.1, 0.15) is 22.3 Å².